The van der Waals surface area contributed by atoms with Gasteiger partial charge in [0, 0.05) is 18.8 Å². The molecule has 1 aliphatic rings. The number of hydrogen-bond acceptors (Lipinski definition) is 3. The zero-order valence-electron chi connectivity index (χ0n) is 12.5. The maximum Gasteiger partial charge on any atom is 0.303 e. The molecule has 0 radical (unpaired) electrons. The Morgan fingerprint density at radius 1 is 1.29 bits per heavy atom. The third kappa shape index (κ3) is 4.56. The second kappa shape index (κ2) is 6.72. The van der Waals surface area contributed by atoms with Crippen molar-refractivity contribution >= 4 is 17.6 Å². The number of carbonyl (C=O) groups is 2. The SMILES string of the molecule is CC(C)c1ccc(NC(=O)CN2CC(CC(=O)O)C2)cc1. The average Bonchev–Trinajstić information content (AvgIpc) is 2.36. The normalized spacial score (nSPS) is 15.8. The van der Waals surface area contributed by atoms with Crippen LogP contribution >= 0.6 is 0 Å². The highest BCUT2D eigenvalue weighted by Crippen LogP contribution is 2.19. The molecule has 1 aromatic rings. The van der Waals surface area contributed by atoms with Crippen LogP contribution in [0.2, 0.25) is 0 Å². The summed E-state index contributed by atoms with van der Waals surface area (Å²) in [6.07, 6.45) is 0.189. The first kappa shape index (κ1) is 15.5. The standard InChI is InChI=1S/C16H22N2O3/c1-11(2)13-3-5-14(6-4-13)17-15(19)10-18-8-12(9-18)7-16(20)21/h3-6,11-12H,7-10H2,1-2H3,(H,17,19)(H,20,21). The summed E-state index contributed by atoms with van der Waals surface area (Å²) in [5.74, 6) is -0.168. The summed E-state index contributed by atoms with van der Waals surface area (Å²) in [7, 11) is 0. The van der Waals surface area contributed by atoms with Gasteiger partial charge in [0.25, 0.3) is 0 Å². The number of carboxylic acids is 1. The van der Waals surface area contributed by atoms with Gasteiger partial charge in [-0.3, -0.25) is 14.5 Å². The lowest BCUT2D eigenvalue weighted by atomic mass is 9.96. The molecule has 0 saturated carbocycles. The van der Waals surface area contributed by atoms with Gasteiger partial charge in [-0.2, -0.15) is 0 Å². The monoisotopic (exact) mass is 290 g/mol. The van der Waals surface area contributed by atoms with Gasteiger partial charge in [0.05, 0.1) is 13.0 Å². The van der Waals surface area contributed by atoms with Crippen molar-refractivity contribution in [2.24, 2.45) is 5.92 Å². The predicted octanol–water partition coefficient (Wildman–Crippen LogP) is 2.16. The number of nitrogens with one attached hydrogen (secondary N) is 1. The third-order valence-corrected chi connectivity index (χ3v) is 3.72. The summed E-state index contributed by atoms with van der Waals surface area (Å²) in [6, 6.07) is 7.87. The van der Waals surface area contributed by atoms with Crippen LogP contribution in [-0.2, 0) is 9.59 Å². The van der Waals surface area contributed by atoms with Crippen molar-refractivity contribution in [3.63, 3.8) is 0 Å². The quantitative estimate of drug-likeness (QED) is 0.842. The molecule has 1 amide bonds. The number of benzene rings is 1. The number of anilines is 1. The first-order chi connectivity index (χ1) is 9.94. The molecular formula is C16H22N2O3. The van der Waals surface area contributed by atoms with Gasteiger partial charge in [-0.05, 0) is 29.5 Å². The lowest BCUT2D eigenvalue weighted by Gasteiger charge is -2.37. The van der Waals surface area contributed by atoms with Crippen LogP contribution in [0.25, 0.3) is 0 Å². The van der Waals surface area contributed by atoms with Crippen LogP contribution in [0.4, 0.5) is 5.69 Å². The highest BCUT2D eigenvalue weighted by molar-refractivity contribution is 5.92. The fourth-order valence-electron chi connectivity index (χ4n) is 2.54. The summed E-state index contributed by atoms with van der Waals surface area (Å²) in [5.41, 5.74) is 2.04. The van der Waals surface area contributed by atoms with Gasteiger partial charge in [-0.1, -0.05) is 26.0 Å². The molecule has 1 saturated heterocycles. The summed E-state index contributed by atoms with van der Waals surface area (Å²) in [5, 5.41) is 11.5. The predicted molar refractivity (Wildman–Crippen MR) is 81.3 cm³/mol. The number of amides is 1. The van der Waals surface area contributed by atoms with Crippen molar-refractivity contribution in [2.45, 2.75) is 26.2 Å². The Balaban J connectivity index is 1.74. The number of aliphatic carboxylic acids is 1. The second-order valence-electron chi connectivity index (χ2n) is 5.98. The molecular weight excluding hydrogens is 268 g/mol. The Labute approximate surface area is 125 Å². The first-order valence-electron chi connectivity index (χ1n) is 7.28. The Morgan fingerprint density at radius 2 is 1.90 bits per heavy atom. The first-order valence-corrected chi connectivity index (χ1v) is 7.28. The van der Waals surface area contributed by atoms with Gasteiger partial charge in [0.2, 0.25) is 5.91 Å². The molecule has 0 atom stereocenters. The van der Waals surface area contributed by atoms with Crippen LogP contribution < -0.4 is 5.32 Å². The molecule has 1 fully saturated rings. The maximum absolute atomic E-state index is 11.9. The zero-order chi connectivity index (χ0) is 15.4. The Morgan fingerprint density at radius 3 is 2.43 bits per heavy atom. The minimum atomic E-state index is -0.769. The van der Waals surface area contributed by atoms with Crippen molar-refractivity contribution in [1.29, 1.82) is 0 Å². The highest BCUT2D eigenvalue weighted by atomic mass is 16.4. The topological polar surface area (TPSA) is 69.6 Å². The highest BCUT2D eigenvalue weighted by Gasteiger charge is 2.29. The lowest BCUT2D eigenvalue weighted by Crippen LogP contribution is -2.50. The zero-order valence-corrected chi connectivity index (χ0v) is 12.5. The van der Waals surface area contributed by atoms with E-state index in [0.29, 0.717) is 25.6 Å². The van der Waals surface area contributed by atoms with E-state index in [2.05, 4.69) is 19.2 Å². The Kier molecular flexibility index (Phi) is 4.96. The summed E-state index contributed by atoms with van der Waals surface area (Å²) < 4.78 is 0. The van der Waals surface area contributed by atoms with Gasteiger partial charge in [-0.25, -0.2) is 0 Å². The molecule has 0 aromatic heterocycles. The molecule has 1 aliphatic heterocycles. The van der Waals surface area contributed by atoms with Crippen LogP contribution in [0.1, 0.15) is 31.7 Å². The van der Waals surface area contributed by atoms with E-state index in [4.69, 9.17) is 5.11 Å². The number of rotatable bonds is 6. The average molecular weight is 290 g/mol. The Bertz CT molecular complexity index is 505. The molecule has 0 aliphatic carbocycles. The van der Waals surface area contributed by atoms with Gasteiger partial charge in [0.15, 0.2) is 0 Å². The van der Waals surface area contributed by atoms with Gasteiger partial charge in [-0.15, -0.1) is 0 Å². The van der Waals surface area contributed by atoms with Crippen LogP contribution in [0.3, 0.4) is 0 Å². The van der Waals surface area contributed by atoms with Crippen LogP contribution in [0.5, 0.6) is 0 Å². The molecule has 2 N–H and O–H groups in total. The largest absolute Gasteiger partial charge is 0.481 e. The van der Waals surface area contributed by atoms with E-state index in [0.717, 1.165) is 5.69 Å². The fraction of sp³-hybridized carbons (Fsp3) is 0.500. The smallest absolute Gasteiger partial charge is 0.303 e. The second-order valence-corrected chi connectivity index (χ2v) is 5.98. The number of hydrogen-bond donors (Lipinski definition) is 2. The number of nitrogens with zero attached hydrogens (tertiary/aromatic N) is 1. The molecule has 114 valence electrons. The van der Waals surface area contributed by atoms with Crippen molar-refractivity contribution < 1.29 is 14.7 Å². The van der Waals surface area contributed by atoms with Crippen molar-refractivity contribution in [3.05, 3.63) is 29.8 Å². The maximum atomic E-state index is 11.9. The molecule has 21 heavy (non-hydrogen) atoms. The van der Waals surface area contributed by atoms with E-state index in [-0.39, 0.29) is 18.2 Å². The molecule has 2 rings (SSSR count). The fourth-order valence-corrected chi connectivity index (χ4v) is 2.54. The molecule has 0 spiro atoms. The summed E-state index contributed by atoms with van der Waals surface area (Å²) in [4.78, 5) is 24.4. The molecule has 1 aromatic carbocycles. The van der Waals surface area contributed by atoms with E-state index < -0.39 is 5.97 Å². The van der Waals surface area contributed by atoms with Crippen LogP contribution in [0, 0.1) is 5.92 Å². The van der Waals surface area contributed by atoms with Crippen molar-refractivity contribution in [1.82, 2.24) is 4.90 Å². The molecule has 1 heterocycles. The summed E-state index contributed by atoms with van der Waals surface area (Å²) >= 11 is 0. The minimum Gasteiger partial charge on any atom is -0.481 e. The number of carbonyl (C=O) groups excluding carboxylic acids is 1. The lowest BCUT2D eigenvalue weighted by molar-refractivity contribution is -0.139. The number of carboxylic acid groups (broad SMARTS) is 1. The molecule has 5 nitrogen and oxygen atoms in total. The Hall–Kier alpha value is -1.88. The van der Waals surface area contributed by atoms with Crippen LogP contribution in [-0.4, -0.2) is 41.5 Å². The van der Waals surface area contributed by atoms with Gasteiger partial charge < -0.3 is 10.4 Å². The number of likely N-dealkylation sites (tertiary alicyclic amines) is 1. The van der Waals surface area contributed by atoms with Crippen molar-refractivity contribution in [2.75, 3.05) is 25.0 Å². The van der Waals surface area contributed by atoms with E-state index in [1.807, 2.05) is 29.2 Å². The minimum absolute atomic E-state index is 0.0546. The van der Waals surface area contributed by atoms with E-state index in [1.165, 1.54) is 5.56 Å². The van der Waals surface area contributed by atoms with Gasteiger partial charge >= 0.3 is 5.97 Å². The van der Waals surface area contributed by atoms with Gasteiger partial charge in [0.1, 0.15) is 0 Å². The van der Waals surface area contributed by atoms with E-state index >= 15 is 0 Å². The molecule has 0 unspecified atom stereocenters. The third-order valence-electron chi connectivity index (χ3n) is 3.72. The summed E-state index contributed by atoms with van der Waals surface area (Å²) in [6.45, 7) is 5.95. The molecule has 0 bridgehead atoms. The van der Waals surface area contributed by atoms with E-state index in [1.54, 1.807) is 0 Å². The van der Waals surface area contributed by atoms with E-state index in [9.17, 15) is 9.59 Å². The van der Waals surface area contributed by atoms with Crippen molar-refractivity contribution in [3.8, 4) is 0 Å². The van der Waals surface area contributed by atoms with Crippen LogP contribution in [0.15, 0.2) is 24.3 Å². The molecule has 5 heteroatoms.